The molecule has 2 N–H and O–H groups in total. The van der Waals surface area contributed by atoms with Crippen molar-refractivity contribution in [3.8, 4) is 6.07 Å². The van der Waals surface area contributed by atoms with Crippen LogP contribution in [0.5, 0.6) is 0 Å². The molecule has 4 rings (SSSR count). The van der Waals surface area contributed by atoms with Gasteiger partial charge in [0.2, 0.25) is 0 Å². The van der Waals surface area contributed by atoms with Gasteiger partial charge in [-0.25, -0.2) is 19.5 Å². The summed E-state index contributed by atoms with van der Waals surface area (Å²) in [5, 5.41) is 14.5. The lowest BCUT2D eigenvalue weighted by molar-refractivity contribution is -0.118. The number of carbonyl (C=O) groups is 1. The summed E-state index contributed by atoms with van der Waals surface area (Å²) in [6.45, 7) is 4.90. The molecule has 0 saturated carbocycles. The molecule has 0 bridgehead atoms. The number of rotatable bonds is 3. The number of amidine groups is 1. The first-order chi connectivity index (χ1) is 16.8. The third-order valence-corrected chi connectivity index (χ3v) is 6.03. The molecule has 8 nitrogen and oxygen atoms in total. The van der Waals surface area contributed by atoms with E-state index in [-0.39, 0.29) is 11.6 Å². The molecule has 1 amide bonds. The number of aryl methyl sites for hydroxylation is 1. The maximum atomic E-state index is 15.1. The van der Waals surface area contributed by atoms with Crippen LogP contribution >= 0.6 is 0 Å². The summed E-state index contributed by atoms with van der Waals surface area (Å²) in [5.41, 5.74) is -1.02. The molecule has 1 aliphatic carbocycles. The van der Waals surface area contributed by atoms with E-state index in [0.717, 1.165) is 24.2 Å². The molecular formula is C25H26F3N5O3. The van der Waals surface area contributed by atoms with Crippen LogP contribution in [0.25, 0.3) is 0 Å². The summed E-state index contributed by atoms with van der Waals surface area (Å²) < 4.78 is 55.2. The lowest BCUT2D eigenvalue weighted by Gasteiger charge is -2.38. The highest BCUT2D eigenvalue weighted by atomic mass is 19.3. The van der Waals surface area contributed by atoms with E-state index in [0.29, 0.717) is 24.1 Å². The second kappa shape index (κ2) is 9.00. The molecule has 1 aromatic heterocycles. The molecular weight excluding hydrogens is 475 g/mol. The average molecular weight is 502 g/mol. The number of alkyl halides is 2. The van der Waals surface area contributed by atoms with Gasteiger partial charge in [-0.15, -0.1) is 0 Å². The Morgan fingerprint density at radius 3 is 2.75 bits per heavy atom. The van der Waals surface area contributed by atoms with Gasteiger partial charge in [0.15, 0.2) is 12.1 Å². The zero-order chi connectivity index (χ0) is 26.3. The van der Waals surface area contributed by atoms with Crippen molar-refractivity contribution in [2.75, 3.05) is 11.9 Å². The lowest BCUT2D eigenvalue weighted by Crippen LogP contribution is -2.53. The first kappa shape index (κ1) is 25.3. The number of nitrogens with zero attached hydrogens (tertiary/aromatic N) is 3. The predicted molar refractivity (Wildman–Crippen MR) is 125 cm³/mol. The topological polar surface area (TPSA) is 109 Å². The van der Waals surface area contributed by atoms with Crippen molar-refractivity contribution in [3.05, 3.63) is 58.7 Å². The molecule has 190 valence electrons. The number of amides is 1. The second-order valence-corrected chi connectivity index (χ2v) is 9.92. The van der Waals surface area contributed by atoms with Gasteiger partial charge in [-0.05, 0) is 70.4 Å². The van der Waals surface area contributed by atoms with Gasteiger partial charge in [0.1, 0.15) is 17.5 Å². The molecule has 11 heteroatoms. The number of aliphatic imine (C=N–C) groups is 1. The number of hydrogen-bond acceptors (Lipinski definition) is 7. The van der Waals surface area contributed by atoms with Crippen molar-refractivity contribution in [2.24, 2.45) is 4.99 Å². The van der Waals surface area contributed by atoms with Gasteiger partial charge < -0.3 is 14.8 Å². The van der Waals surface area contributed by atoms with Crippen LogP contribution in [-0.4, -0.2) is 35.2 Å². The number of halogens is 3. The zero-order valence-corrected chi connectivity index (χ0v) is 20.3. The first-order valence-corrected chi connectivity index (χ1v) is 11.4. The van der Waals surface area contributed by atoms with Crippen LogP contribution in [0, 0.1) is 17.1 Å². The van der Waals surface area contributed by atoms with Gasteiger partial charge in [0.25, 0.3) is 6.02 Å². The van der Waals surface area contributed by atoms with E-state index in [2.05, 4.69) is 26.7 Å². The normalized spacial score (nSPS) is 22.5. The third-order valence-electron chi connectivity index (χ3n) is 6.03. The van der Waals surface area contributed by atoms with Crippen molar-refractivity contribution in [2.45, 2.75) is 63.6 Å². The summed E-state index contributed by atoms with van der Waals surface area (Å²) in [6.07, 6.45) is 1.91. The van der Waals surface area contributed by atoms with Crippen molar-refractivity contribution in [1.82, 2.24) is 10.3 Å². The van der Waals surface area contributed by atoms with Gasteiger partial charge in [-0.3, -0.25) is 4.98 Å². The predicted octanol–water partition coefficient (Wildman–Crippen LogP) is 4.95. The maximum absolute atomic E-state index is 15.1. The Morgan fingerprint density at radius 1 is 1.31 bits per heavy atom. The maximum Gasteiger partial charge on any atom is 0.415 e. The SMILES string of the molecule is CC(C)(C)OC(=O)NC1=N[C@](C)(c2cc(NC3CCc4cc(C#N)cnc43)ccc2F)C(F)(F)CO1. The Kier molecular flexibility index (Phi) is 6.32. The largest absolute Gasteiger partial charge is 0.458 e. The van der Waals surface area contributed by atoms with Crippen molar-refractivity contribution in [1.29, 1.82) is 5.26 Å². The van der Waals surface area contributed by atoms with Crippen molar-refractivity contribution < 1.29 is 27.4 Å². The molecule has 0 radical (unpaired) electrons. The van der Waals surface area contributed by atoms with Crippen LogP contribution in [0.2, 0.25) is 0 Å². The second-order valence-electron chi connectivity index (χ2n) is 9.92. The van der Waals surface area contributed by atoms with Crippen LogP contribution in [0.1, 0.15) is 62.5 Å². The number of fused-ring (bicyclic) bond motifs is 1. The van der Waals surface area contributed by atoms with E-state index >= 15 is 8.78 Å². The minimum absolute atomic E-state index is 0.234. The Hall–Kier alpha value is -3.81. The molecule has 0 spiro atoms. The van der Waals surface area contributed by atoms with Gasteiger partial charge in [-0.2, -0.15) is 14.0 Å². The minimum Gasteiger partial charge on any atom is -0.458 e. The number of benzene rings is 1. The third kappa shape index (κ3) is 4.94. The number of ether oxygens (including phenoxy) is 2. The van der Waals surface area contributed by atoms with E-state index in [9.17, 15) is 9.18 Å². The fraction of sp³-hybridized carbons (Fsp3) is 0.440. The quantitative estimate of drug-likeness (QED) is 0.616. The molecule has 1 aromatic carbocycles. The molecule has 36 heavy (non-hydrogen) atoms. The Balaban J connectivity index is 1.63. The average Bonchev–Trinajstić information content (AvgIpc) is 3.18. The number of pyridine rings is 1. The molecule has 2 heterocycles. The standard InChI is InChI=1S/C25H26F3N5O3/c1-23(2,3)36-22(34)32-21-33-24(4,25(27,28)13-35-21)17-10-16(6-7-18(17)26)31-19-8-5-15-9-14(11-29)12-30-20(15)19/h6-7,9-10,12,19,31H,5,8,13H2,1-4H3,(H,32,33,34)/t19?,24-/m1/s1. The van der Waals surface area contributed by atoms with E-state index in [1.807, 2.05) is 0 Å². The van der Waals surface area contributed by atoms with Crippen LogP contribution in [0.3, 0.4) is 0 Å². The summed E-state index contributed by atoms with van der Waals surface area (Å²) >= 11 is 0. The molecule has 1 aliphatic heterocycles. The molecule has 0 fully saturated rings. The van der Waals surface area contributed by atoms with Gasteiger partial charge >= 0.3 is 12.0 Å². The van der Waals surface area contributed by atoms with E-state index in [4.69, 9.17) is 14.7 Å². The molecule has 0 saturated heterocycles. The molecule has 2 atom stereocenters. The monoisotopic (exact) mass is 501 g/mol. The van der Waals surface area contributed by atoms with Crippen LogP contribution in [0.15, 0.2) is 35.5 Å². The highest BCUT2D eigenvalue weighted by Gasteiger charge is 2.56. The number of hydrogen-bond donors (Lipinski definition) is 2. The van der Waals surface area contributed by atoms with Crippen LogP contribution < -0.4 is 10.6 Å². The van der Waals surface area contributed by atoms with Crippen LogP contribution in [-0.2, 0) is 21.4 Å². The minimum atomic E-state index is -3.58. The summed E-state index contributed by atoms with van der Waals surface area (Å²) in [4.78, 5) is 20.4. The van der Waals surface area contributed by atoms with E-state index in [1.165, 1.54) is 18.3 Å². The fourth-order valence-electron chi connectivity index (χ4n) is 4.19. The van der Waals surface area contributed by atoms with Crippen molar-refractivity contribution >= 4 is 17.8 Å². The summed E-state index contributed by atoms with van der Waals surface area (Å²) in [7, 11) is 0. The van der Waals surface area contributed by atoms with Crippen LogP contribution in [0.4, 0.5) is 23.7 Å². The first-order valence-electron chi connectivity index (χ1n) is 11.4. The lowest BCUT2D eigenvalue weighted by atomic mass is 9.85. The molecule has 2 aliphatic rings. The summed E-state index contributed by atoms with van der Waals surface area (Å²) in [6, 6.07) is 6.93. The number of nitrogens with one attached hydrogen (secondary N) is 2. The van der Waals surface area contributed by atoms with E-state index < -0.39 is 41.6 Å². The Labute approximate surface area is 206 Å². The zero-order valence-electron chi connectivity index (χ0n) is 20.3. The summed E-state index contributed by atoms with van der Waals surface area (Å²) in [5.74, 6) is -4.46. The Bertz CT molecular complexity index is 1270. The van der Waals surface area contributed by atoms with Crippen molar-refractivity contribution in [3.63, 3.8) is 0 Å². The molecule has 1 unspecified atom stereocenters. The smallest absolute Gasteiger partial charge is 0.415 e. The van der Waals surface area contributed by atoms with Gasteiger partial charge in [0, 0.05) is 17.4 Å². The number of aromatic nitrogens is 1. The Morgan fingerprint density at radius 2 is 2.06 bits per heavy atom. The number of nitriles is 1. The van der Waals surface area contributed by atoms with Gasteiger partial charge in [-0.1, -0.05) is 0 Å². The fourth-order valence-corrected chi connectivity index (χ4v) is 4.19. The number of anilines is 1. The highest BCUT2D eigenvalue weighted by molar-refractivity contribution is 5.91. The highest BCUT2D eigenvalue weighted by Crippen LogP contribution is 2.45. The number of alkyl carbamates (subject to hydrolysis) is 1. The number of carbonyl (C=O) groups excluding carboxylic acids is 1. The van der Waals surface area contributed by atoms with E-state index in [1.54, 1.807) is 26.8 Å². The molecule has 2 aromatic rings. The van der Waals surface area contributed by atoms with Gasteiger partial charge in [0.05, 0.1) is 17.3 Å².